The predicted molar refractivity (Wildman–Crippen MR) is 88.9 cm³/mol. The number of morpholine rings is 1. The summed E-state index contributed by atoms with van der Waals surface area (Å²) in [6, 6.07) is 0.464. The Kier molecular flexibility index (Phi) is 5.06. The minimum Gasteiger partial charge on any atom is -0.378 e. The maximum atomic E-state index is 11.9. The molecule has 0 radical (unpaired) electrons. The van der Waals surface area contributed by atoms with Crippen molar-refractivity contribution in [1.82, 2.24) is 21.2 Å². The minimum absolute atomic E-state index is 0.154. The normalized spacial score (nSPS) is 17.9. The van der Waals surface area contributed by atoms with Crippen molar-refractivity contribution in [2.24, 2.45) is 0 Å². The van der Waals surface area contributed by atoms with Crippen molar-refractivity contribution in [3.05, 3.63) is 11.1 Å². The van der Waals surface area contributed by atoms with Gasteiger partial charge in [-0.2, -0.15) is 0 Å². The van der Waals surface area contributed by atoms with Crippen LogP contribution in [0.3, 0.4) is 0 Å². The van der Waals surface area contributed by atoms with Crippen LogP contribution in [0.2, 0.25) is 0 Å². The van der Waals surface area contributed by atoms with Gasteiger partial charge in [0.25, 0.3) is 0 Å². The zero-order valence-electron chi connectivity index (χ0n) is 12.1. The van der Waals surface area contributed by atoms with Gasteiger partial charge in [0.15, 0.2) is 10.2 Å². The highest BCUT2D eigenvalue weighted by atomic mass is 32.1. The highest BCUT2D eigenvalue weighted by Crippen LogP contribution is 2.21. The van der Waals surface area contributed by atoms with Crippen molar-refractivity contribution >= 4 is 39.7 Å². The largest absolute Gasteiger partial charge is 0.378 e. The second kappa shape index (κ2) is 7.21. The summed E-state index contributed by atoms with van der Waals surface area (Å²) in [5.41, 5.74) is 6.08. The number of carbonyl (C=O) groups excluding carboxylic acids is 1. The zero-order valence-corrected chi connectivity index (χ0v) is 13.8. The summed E-state index contributed by atoms with van der Waals surface area (Å²) in [6.07, 6.45) is 2.51. The Hall–Kier alpha value is -1.45. The number of aromatic nitrogens is 1. The lowest BCUT2D eigenvalue weighted by molar-refractivity contribution is -0.121. The van der Waals surface area contributed by atoms with Crippen molar-refractivity contribution in [2.75, 3.05) is 31.2 Å². The fraction of sp³-hybridized carbons (Fsp3) is 0.615. The first-order chi connectivity index (χ1) is 10.7. The van der Waals surface area contributed by atoms with Gasteiger partial charge in [-0.1, -0.05) is 0 Å². The fourth-order valence-electron chi connectivity index (χ4n) is 2.06. The number of hydrogen-bond donors (Lipinski definition) is 3. The molecule has 120 valence electrons. The first-order valence-corrected chi connectivity index (χ1v) is 8.62. The Morgan fingerprint density at radius 3 is 2.91 bits per heavy atom. The SMILES string of the molecule is O=C(Cc1csc(N2CCOCC2)n1)NNC(=S)NC1CC1. The van der Waals surface area contributed by atoms with E-state index in [0.29, 0.717) is 11.2 Å². The number of carbonyl (C=O) groups is 1. The number of hydrazine groups is 1. The van der Waals surface area contributed by atoms with E-state index in [1.807, 2.05) is 5.38 Å². The van der Waals surface area contributed by atoms with Gasteiger partial charge < -0.3 is 15.0 Å². The Balaban J connectivity index is 1.42. The van der Waals surface area contributed by atoms with E-state index in [1.165, 1.54) is 0 Å². The molecule has 0 bridgehead atoms. The van der Waals surface area contributed by atoms with Crippen molar-refractivity contribution in [2.45, 2.75) is 25.3 Å². The molecular formula is C13H19N5O2S2. The minimum atomic E-state index is -0.154. The molecule has 0 atom stereocenters. The summed E-state index contributed by atoms with van der Waals surface area (Å²) in [5, 5.41) is 6.43. The third-order valence-electron chi connectivity index (χ3n) is 3.39. The third-order valence-corrected chi connectivity index (χ3v) is 4.56. The Bertz CT molecular complexity index is 540. The van der Waals surface area contributed by atoms with Crippen molar-refractivity contribution < 1.29 is 9.53 Å². The standard InChI is InChI=1S/C13H19N5O2S2/c19-11(16-17-12(21)14-9-1-2-9)7-10-8-22-13(15-10)18-3-5-20-6-4-18/h8-9H,1-7H2,(H,16,19)(H2,14,17,21). The molecule has 22 heavy (non-hydrogen) atoms. The summed E-state index contributed by atoms with van der Waals surface area (Å²) in [7, 11) is 0. The molecule has 1 saturated heterocycles. The molecule has 3 rings (SSSR count). The number of ether oxygens (including phenoxy) is 1. The molecule has 1 amide bonds. The number of thiocarbonyl (C=S) groups is 1. The van der Waals surface area contributed by atoms with Gasteiger partial charge in [0.05, 0.1) is 25.3 Å². The first kappa shape index (κ1) is 15.4. The van der Waals surface area contributed by atoms with Crippen LogP contribution in [0.5, 0.6) is 0 Å². The molecule has 3 N–H and O–H groups in total. The highest BCUT2D eigenvalue weighted by molar-refractivity contribution is 7.80. The summed E-state index contributed by atoms with van der Waals surface area (Å²) in [4.78, 5) is 18.6. The second-order valence-electron chi connectivity index (χ2n) is 5.32. The molecule has 1 aliphatic carbocycles. The van der Waals surface area contributed by atoms with Crippen LogP contribution < -0.4 is 21.1 Å². The maximum absolute atomic E-state index is 11.9. The van der Waals surface area contributed by atoms with E-state index in [-0.39, 0.29) is 12.3 Å². The number of rotatable bonds is 4. The molecule has 0 unspecified atom stereocenters. The van der Waals surface area contributed by atoms with Gasteiger partial charge in [0, 0.05) is 24.5 Å². The van der Waals surface area contributed by atoms with Gasteiger partial charge in [-0.3, -0.25) is 15.6 Å². The van der Waals surface area contributed by atoms with Crippen LogP contribution in [-0.4, -0.2) is 48.3 Å². The average Bonchev–Trinajstić information content (AvgIpc) is 3.22. The van der Waals surface area contributed by atoms with Crippen LogP contribution in [0.15, 0.2) is 5.38 Å². The first-order valence-electron chi connectivity index (χ1n) is 7.33. The third kappa shape index (κ3) is 4.52. The Morgan fingerprint density at radius 1 is 1.41 bits per heavy atom. The molecule has 1 saturated carbocycles. The highest BCUT2D eigenvalue weighted by Gasteiger charge is 2.22. The van der Waals surface area contributed by atoms with E-state index in [4.69, 9.17) is 17.0 Å². The molecule has 9 heteroatoms. The molecule has 2 aliphatic rings. The fourth-order valence-corrected chi connectivity index (χ4v) is 3.16. The molecular weight excluding hydrogens is 322 g/mol. The molecule has 2 fully saturated rings. The summed E-state index contributed by atoms with van der Waals surface area (Å²) < 4.78 is 5.32. The molecule has 7 nitrogen and oxygen atoms in total. The van der Waals surface area contributed by atoms with E-state index in [9.17, 15) is 4.79 Å². The second-order valence-corrected chi connectivity index (χ2v) is 6.56. The van der Waals surface area contributed by atoms with Crippen LogP contribution in [0, 0.1) is 0 Å². The van der Waals surface area contributed by atoms with E-state index in [1.54, 1.807) is 11.3 Å². The van der Waals surface area contributed by atoms with E-state index < -0.39 is 0 Å². The molecule has 1 aromatic heterocycles. The number of hydrogen-bond acceptors (Lipinski definition) is 6. The average molecular weight is 341 g/mol. The number of anilines is 1. The zero-order chi connectivity index (χ0) is 15.4. The van der Waals surface area contributed by atoms with Gasteiger partial charge >= 0.3 is 0 Å². The summed E-state index contributed by atoms with van der Waals surface area (Å²) in [6.45, 7) is 3.15. The monoisotopic (exact) mass is 341 g/mol. The van der Waals surface area contributed by atoms with Crippen LogP contribution in [0.25, 0.3) is 0 Å². The Labute approximate surface area is 138 Å². The number of thiazole rings is 1. The lowest BCUT2D eigenvalue weighted by Crippen LogP contribution is -2.47. The molecule has 0 spiro atoms. The van der Waals surface area contributed by atoms with Gasteiger partial charge in [-0.05, 0) is 25.1 Å². The quantitative estimate of drug-likeness (QED) is 0.533. The molecule has 2 heterocycles. The molecule has 0 aromatic carbocycles. The predicted octanol–water partition coefficient (Wildman–Crippen LogP) is 0.180. The summed E-state index contributed by atoms with van der Waals surface area (Å²) >= 11 is 6.63. The van der Waals surface area contributed by atoms with Crippen LogP contribution in [-0.2, 0) is 16.0 Å². The Morgan fingerprint density at radius 2 is 2.18 bits per heavy atom. The maximum Gasteiger partial charge on any atom is 0.244 e. The van der Waals surface area contributed by atoms with Crippen molar-refractivity contribution in [3.63, 3.8) is 0 Å². The van der Waals surface area contributed by atoms with Crippen LogP contribution in [0.1, 0.15) is 18.5 Å². The van der Waals surface area contributed by atoms with E-state index in [2.05, 4.69) is 26.1 Å². The van der Waals surface area contributed by atoms with Crippen molar-refractivity contribution in [3.8, 4) is 0 Å². The van der Waals surface area contributed by atoms with Gasteiger partial charge in [0.1, 0.15) is 0 Å². The number of amides is 1. The van der Waals surface area contributed by atoms with Gasteiger partial charge in [-0.15, -0.1) is 11.3 Å². The topological polar surface area (TPSA) is 78.5 Å². The van der Waals surface area contributed by atoms with E-state index >= 15 is 0 Å². The lowest BCUT2D eigenvalue weighted by Gasteiger charge is -2.26. The van der Waals surface area contributed by atoms with Crippen LogP contribution in [0.4, 0.5) is 5.13 Å². The smallest absolute Gasteiger partial charge is 0.244 e. The lowest BCUT2D eigenvalue weighted by atomic mass is 10.3. The van der Waals surface area contributed by atoms with Crippen molar-refractivity contribution in [1.29, 1.82) is 0 Å². The summed E-state index contributed by atoms with van der Waals surface area (Å²) in [5.74, 6) is -0.154. The van der Waals surface area contributed by atoms with Gasteiger partial charge in [-0.25, -0.2) is 4.98 Å². The number of nitrogens with zero attached hydrogens (tertiary/aromatic N) is 2. The number of nitrogens with one attached hydrogen (secondary N) is 3. The van der Waals surface area contributed by atoms with Crippen LogP contribution >= 0.6 is 23.6 Å². The van der Waals surface area contributed by atoms with E-state index in [0.717, 1.165) is 50.0 Å². The molecule has 1 aliphatic heterocycles. The van der Waals surface area contributed by atoms with Gasteiger partial charge in [0.2, 0.25) is 5.91 Å². The molecule has 1 aromatic rings.